The lowest BCUT2D eigenvalue weighted by molar-refractivity contribution is 0.438. The highest BCUT2D eigenvalue weighted by Crippen LogP contribution is 2.35. The summed E-state index contributed by atoms with van der Waals surface area (Å²) in [6, 6.07) is 8.39. The molecule has 10 nitrogen and oxygen atoms in total. The third kappa shape index (κ3) is 4.23. The highest BCUT2D eigenvalue weighted by molar-refractivity contribution is 5.65. The quantitative estimate of drug-likeness (QED) is 0.387. The van der Waals surface area contributed by atoms with E-state index in [1.807, 2.05) is 41.5 Å². The van der Waals surface area contributed by atoms with Crippen LogP contribution in [0.5, 0.6) is 0 Å². The predicted octanol–water partition coefficient (Wildman–Crippen LogP) is 3.87. The molecule has 0 aliphatic carbocycles. The molecule has 0 spiro atoms. The van der Waals surface area contributed by atoms with Gasteiger partial charge in [-0.05, 0) is 48.2 Å². The monoisotopic (exact) mass is 485 g/mol. The van der Waals surface area contributed by atoms with Crippen molar-refractivity contribution < 1.29 is 0 Å². The van der Waals surface area contributed by atoms with Crippen LogP contribution in [0, 0.1) is 0 Å². The number of rotatable bonds is 9. The molecule has 4 aromatic rings. The summed E-state index contributed by atoms with van der Waals surface area (Å²) in [6.45, 7) is 6.88. The second-order valence-corrected chi connectivity index (χ2v) is 9.34. The van der Waals surface area contributed by atoms with E-state index in [2.05, 4.69) is 74.1 Å². The summed E-state index contributed by atoms with van der Waals surface area (Å²) < 4.78 is 5.67. The van der Waals surface area contributed by atoms with Crippen LogP contribution in [0.4, 0.5) is 0 Å². The Kier molecular flexibility index (Phi) is 6.49. The zero-order chi connectivity index (χ0) is 25.1. The maximum atomic E-state index is 13.9. The van der Waals surface area contributed by atoms with Gasteiger partial charge < -0.3 is 4.57 Å². The van der Waals surface area contributed by atoms with E-state index in [4.69, 9.17) is 0 Å². The minimum absolute atomic E-state index is 0.0833. The fourth-order valence-corrected chi connectivity index (χ4v) is 4.82. The lowest BCUT2D eigenvalue weighted by Crippen LogP contribution is -2.37. The molecule has 3 aromatic heterocycles. The standard InChI is InChI=1S/C26H31N9O/c1-4-7-22-17-34(24-28-14-15-33(24)19(3)5-2)25(36)35(22)18-26(10-12-27-13-11-26)21-9-6-8-20(16-21)23-29-31-32-30-23/h6,8-10,12-17,19H,4-5,7,11,18H2,1-3H3,(H,29,30,31,32). The van der Waals surface area contributed by atoms with Gasteiger partial charge in [0.15, 0.2) is 5.82 Å². The Morgan fingerprint density at radius 3 is 2.86 bits per heavy atom. The van der Waals surface area contributed by atoms with Crippen LogP contribution < -0.4 is 5.69 Å². The molecule has 1 aromatic carbocycles. The number of allylic oxidation sites excluding steroid dienone is 1. The number of hydrogen-bond donors (Lipinski definition) is 1. The fourth-order valence-electron chi connectivity index (χ4n) is 4.82. The molecule has 0 saturated carbocycles. The van der Waals surface area contributed by atoms with E-state index in [9.17, 15) is 4.79 Å². The Bertz CT molecular complexity index is 1440. The lowest BCUT2D eigenvalue weighted by Gasteiger charge is -2.32. The van der Waals surface area contributed by atoms with Crippen molar-refractivity contribution in [1.82, 2.24) is 39.3 Å². The molecule has 0 radical (unpaired) electrons. The van der Waals surface area contributed by atoms with Crippen LogP contribution in [0.15, 0.2) is 64.9 Å². The molecule has 0 bridgehead atoms. The van der Waals surface area contributed by atoms with Crippen molar-refractivity contribution in [2.24, 2.45) is 4.99 Å². The van der Waals surface area contributed by atoms with E-state index in [1.54, 1.807) is 10.8 Å². The maximum Gasteiger partial charge on any atom is 0.335 e. The molecular weight excluding hydrogens is 454 g/mol. The largest absolute Gasteiger partial charge is 0.335 e. The van der Waals surface area contributed by atoms with Crippen molar-refractivity contribution in [3.05, 3.63) is 76.9 Å². The molecule has 2 unspecified atom stereocenters. The van der Waals surface area contributed by atoms with Gasteiger partial charge in [0.25, 0.3) is 0 Å². The van der Waals surface area contributed by atoms with Crippen LogP contribution in [-0.2, 0) is 18.4 Å². The predicted molar refractivity (Wildman–Crippen MR) is 138 cm³/mol. The van der Waals surface area contributed by atoms with E-state index in [0.717, 1.165) is 36.1 Å². The minimum Gasteiger partial charge on any atom is -0.314 e. The molecule has 186 valence electrons. The number of aromatic nitrogens is 8. The SMILES string of the molecule is CCCc1cn(-c2nccn2C(C)CC)c(=O)n1CC1(c2cccc(-c3nnn[nH]3)c2)C=CN=CC1. The summed E-state index contributed by atoms with van der Waals surface area (Å²) in [5.74, 6) is 1.26. The van der Waals surface area contributed by atoms with Crippen LogP contribution in [0.1, 0.15) is 57.3 Å². The van der Waals surface area contributed by atoms with Gasteiger partial charge in [0.2, 0.25) is 5.95 Å². The smallest absolute Gasteiger partial charge is 0.314 e. The first-order valence-corrected chi connectivity index (χ1v) is 12.4. The first-order chi connectivity index (χ1) is 17.6. The maximum absolute atomic E-state index is 13.9. The second-order valence-electron chi connectivity index (χ2n) is 9.34. The molecular formula is C26H31N9O. The second kappa shape index (κ2) is 9.88. The van der Waals surface area contributed by atoms with E-state index >= 15 is 0 Å². The van der Waals surface area contributed by atoms with Crippen molar-refractivity contribution in [3.8, 4) is 17.3 Å². The van der Waals surface area contributed by atoms with Gasteiger partial charge in [0.05, 0.1) is 0 Å². The molecule has 0 amide bonds. The van der Waals surface area contributed by atoms with Gasteiger partial charge in [-0.1, -0.05) is 44.5 Å². The molecule has 10 heteroatoms. The van der Waals surface area contributed by atoms with E-state index < -0.39 is 5.41 Å². The van der Waals surface area contributed by atoms with Crippen LogP contribution in [0.25, 0.3) is 17.3 Å². The molecule has 2 atom stereocenters. The van der Waals surface area contributed by atoms with Crippen molar-refractivity contribution in [2.75, 3.05) is 0 Å². The summed E-state index contributed by atoms with van der Waals surface area (Å²) >= 11 is 0. The Balaban J connectivity index is 1.60. The number of imidazole rings is 2. The van der Waals surface area contributed by atoms with Gasteiger partial charge in [-0.3, -0.25) is 9.56 Å². The van der Waals surface area contributed by atoms with Gasteiger partial charge in [0, 0.05) is 60.3 Å². The number of benzene rings is 1. The third-order valence-electron chi connectivity index (χ3n) is 7.03. The number of hydrogen-bond acceptors (Lipinski definition) is 6. The minimum atomic E-state index is -0.449. The van der Waals surface area contributed by atoms with Crippen LogP contribution >= 0.6 is 0 Å². The van der Waals surface area contributed by atoms with Crippen molar-refractivity contribution >= 4 is 6.21 Å². The Morgan fingerprint density at radius 1 is 1.25 bits per heavy atom. The number of aliphatic imine (C=N–C) groups is 1. The molecule has 5 rings (SSSR count). The zero-order valence-corrected chi connectivity index (χ0v) is 20.9. The normalized spacial score (nSPS) is 18.1. The summed E-state index contributed by atoms with van der Waals surface area (Å²) in [6.07, 6.45) is 14.9. The molecule has 0 saturated heterocycles. The van der Waals surface area contributed by atoms with Gasteiger partial charge in [-0.15, -0.1) is 5.10 Å². The Hall–Kier alpha value is -4.08. The van der Waals surface area contributed by atoms with Crippen molar-refractivity contribution in [1.29, 1.82) is 0 Å². The average molecular weight is 486 g/mol. The van der Waals surface area contributed by atoms with Gasteiger partial charge >= 0.3 is 5.69 Å². The number of aryl methyl sites for hydroxylation is 1. The fraction of sp³-hybridized carbons (Fsp3) is 0.385. The Labute approximate surface area is 209 Å². The van der Waals surface area contributed by atoms with E-state index in [-0.39, 0.29) is 11.7 Å². The molecule has 1 N–H and O–H groups in total. The average Bonchev–Trinajstić information content (AvgIpc) is 3.67. The molecule has 4 heterocycles. The lowest BCUT2D eigenvalue weighted by atomic mass is 9.76. The number of nitrogens with one attached hydrogen (secondary N) is 1. The summed E-state index contributed by atoms with van der Waals surface area (Å²) in [4.78, 5) is 22.8. The van der Waals surface area contributed by atoms with Crippen molar-refractivity contribution in [2.45, 2.75) is 64.5 Å². The molecule has 1 aliphatic heterocycles. The summed E-state index contributed by atoms with van der Waals surface area (Å²) in [7, 11) is 0. The number of tetrazole rings is 1. The number of H-pyrrole nitrogens is 1. The van der Waals surface area contributed by atoms with Gasteiger partial charge in [0.1, 0.15) is 0 Å². The summed E-state index contributed by atoms with van der Waals surface area (Å²) in [5, 5.41) is 14.3. The van der Waals surface area contributed by atoms with Gasteiger partial charge in [-0.2, -0.15) is 0 Å². The highest BCUT2D eigenvalue weighted by atomic mass is 16.1. The van der Waals surface area contributed by atoms with Crippen LogP contribution in [0.3, 0.4) is 0 Å². The first kappa shape index (κ1) is 23.7. The van der Waals surface area contributed by atoms with Gasteiger partial charge in [-0.25, -0.2) is 19.4 Å². The summed E-state index contributed by atoms with van der Waals surface area (Å²) in [5.41, 5.74) is 2.42. The van der Waals surface area contributed by atoms with Crippen LogP contribution in [-0.4, -0.2) is 45.5 Å². The topological polar surface area (TPSA) is 112 Å². The first-order valence-electron chi connectivity index (χ1n) is 12.4. The third-order valence-corrected chi connectivity index (χ3v) is 7.03. The molecule has 36 heavy (non-hydrogen) atoms. The van der Waals surface area contributed by atoms with E-state index in [1.165, 1.54) is 0 Å². The highest BCUT2D eigenvalue weighted by Gasteiger charge is 2.33. The number of nitrogens with zero attached hydrogens (tertiary/aromatic N) is 8. The number of aromatic amines is 1. The van der Waals surface area contributed by atoms with E-state index in [0.29, 0.717) is 24.7 Å². The van der Waals surface area contributed by atoms with Crippen molar-refractivity contribution in [3.63, 3.8) is 0 Å². The molecule has 1 aliphatic rings. The molecule has 0 fully saturated rings. The Morgan fingerprint density at radius 2 is 2.14 bits per heavy atom. The zero-order valence-electron chi connectivity index (χ0n) is 20.9. The van der Waals surface area contributed by atoms with Crippen LogP contribution in [0.2, 0.25) is 0 Å².